The van der Waals surface area contributed by atoms with Crippen molar-refractivity contribution in [3.8, 4) is 6.07 Å². The number of nitrogens with zero attached hydrogens (tertiary/aromatic N) is 1. The van der Waals surface area contributed by atoms with E-state index in [0.29, 0.717) is 5.69 Å². The molecule has 0 aliphatic heterocycles. The summed E-state index contributed by atoms with van der Waals surface area (Å²) in [5.41, 5.74) is 5.60. The van der Waals surface area contributed by atoms with Gasteiger partial charge in [-0.05, 0) is 24.3 Å². The van der Waals surface area contributed by atoms with Crippen molar-refractivity contribution in [3.05, 3.63) is 29.8 Å². The zero-order valence-electron chi connectivity index (χ0n) is 9.08. The Morgan fingerprint density at radius 3 is 2.33 bits per heavy atom. The fourth-order valence-electron chi connectivity index (χ4n) is 1.16. The second kappa shape index (κ2) is 5.75. The van der Waals surface area contributed by atoms with Gasteiger partial charge in [0.1, 0.15) is 4.99 Å². The van der Waals surface area contributed by atoms with E-state index in [4.69, 9.17) is 28.3 Å². The lowest BCUT2D eigenvalue weighted by atomic mass is 10.1. The van der Waals surface area contributed by atoms with Crippen LogP contribution in [-0.4, -0.2) is 22.0 Å². The standard InChI is InChI=1S/C11H9N3O3S/c12-5-8(9(13)15)10(18)14-7-3-1-6(2-4-7)11(16)17/h1-4,8H,(H2,13,15)(H,14,18)(H,16,17). The summed E-state index contributed by atoms with van der Waals surface area (Å²) in [7, 11) is 0. The van der Waals surface area contributed by atoms with Crippen LogP contribution < -0.4 is 11.1 Å². The molecule has 1 aromatic carbocycles. The van der Waals surface area contributed by atoms with Gasteiger partial charge in [0.25, 0.3) is 0 Å². The summed E-state index contributed by atoms with van der Waals surface area (Å²) in [6.07, 6.45) is 0. The number of carboxylic acids is 1. The van der Waals surface area contributed by atoms with Crippen molar-refractivity contribution in [1.82, 2.24) is 0 Å². The van der Waals surface area contributed by atoms with Gasteiger partial charge in [-0.1, -0.05) is 12.2 Å². The molecule has 1 unspecified atom stereocenters. The van der Waals surface area contributed by atoms with Crippen LogP contribution >= 0.6 is 12.2 Å². The van der Waals surface area contributed by atoms with Crippen molar-refractivity contribution in [2.24, 2.45) is 11.7 Å². The first kappa shape index (κ1) is 13.6. The lowest BCUT2D eigenvalue weighted by Gasteiger charge is -2.10. The summed E-state index contributed by atoms with van der Waals surface area (Å²) in [6.45, 7) is 0. The smallest absolute Gasteiger partial charge is 0.335 e. The monoisotopic (exact) mass is 263 g/mol. The topological polar surface area (TPSA) is 116 Å². The molecule has 1 amide bonds. The second-order valence-electron chi connectivity index (χ2n) is 3.34. The quantitative estimate of drug-likeness (QED) is 0.690. The number of carboxylic acid groups (broad SMARTS) is 1. The molecule has 7 heteroatoms. The van der Waals surface area contributed by atoms with Gasteiger partial charge in [-0.3, -0.25) is 4.79 Å². The lowest BCUT2D eigenvalue weighted by molar-refractivity contribution is -0.118. The largest absolute Gasteiger partial charge is 0.478 e. The Labute approximate surface area is 108 Å². The number of primary amides is 1. The van der Waals surface area contributed by atoms with Crippen LogP contribution in [-0.2, 0) is 4.79 Å². The number of carbonyl (C=O) groups is 2. The van der Waals surface area contributed by atoms with Crippen LogP contribution in [0.2, 0.25) is 0 Å². The number of anilines is 1. The number of hydrogen-bond donors (Lipinski definition) is 3. The Kier molecular flexibility index (Phi) is 4.34. The molecule has 1 rings (SSSR count). The molecule has 4 N–H and O–H groups in total. The number of nitrogens with one attached hydrogen (secondary N) is 1. The summed E-state index contributed by atoms with van der Waals surface area (Å²) in [4.78, 5) is 21.5. The van der Waals surface area contributed by atoms with Crippen molar-refractivity contribution >= 4 is 34.8 Å². The van der Waals surface area contributed by atoms with Crippen molar-refractivity contribution in [2.45, 2.75) is 0 Å². The lowest BCUT2D eigenvalue weighted by Crippen LogP contribution is -2.32. The highest BCUT2D eigenvalue weighted by Gasteiger charge is 2.20. The van der Waals surface area contributed by atoms with Crippen LogP contribution in [0, 0.1) is 17.2 Å². The first-order valence-corrected chi connectivity index (χ1v) is 5.19. The third-order valence-corrected chi connectivity index (χ3v) is 2.41. The summed E-state index contributed by atoms with van der Waals surface area (Å²) >= 11 is 4.87. The predicted octanol–water partition coefficient (Wildman–Crippen LogP) is 0.749. The van der Waals surface area contributed by atoms with E-state index in [1.807, 2.05) is 0 Å². The van der Waals surface area contributed by atoms with E-state index >= 15 is 0 Å². The van der Waals surface area contributed by atoms with Gasteiger partial charge >= 0.3 is 5.97 Å². The van der Waals surface area contributed by atoms with Crippen LogP contribution in [0.5, 0.6) is 0 Å². The molecule has 0 bridgehead atoms. The van der Waals surface area contributed by atoms with E-state index in [0.717, 1.165) is 0 Å². The molecule has 0 aromatic heterocycles. The Morgan fingerprint density at radius 2 is 1.94 bits per heavy atom. The number of carbonyl (C=O) groups excluding carboxylic acids is 1. The van der Waals surface area contributed by atoms with E-state index in [9.17, 15) is 9.59 Å². The third-order valence-electron chi connectivity index (χ3n) is 2.08. The maximum Gasteiger partial charge on any atom is 0.335 e. The van der Waals surface area contributed by atoms with Gasteiger partial charge in [-0.25, -0.2) is 4.79 Å². The molecule has 0 aliphatic carbocycles. The van der Waals surface area contributed by atoms with Gasteiger partial charge in [0.2, 0.25) is 5.91 Å². The average Bonchev–Trinajstić information content (AvgIpc) is 2.29. The zero-order chi connectivity index (χ0) is 13.7. The normalized spacial score (nSPS) is 11.1. The van der Waals surface area contributed by atoms with Gasteiger partial charge in [-0.15, -0.1) is 0 Å². The number of thiocarbonyl (C=S) groups is 1. The fraction of sp³-hybridized carbons (Fsp3) is 0.0909. The number of nitriles is 1. The number of benzene rings is 1. The van der Waals surface area contributed by atoms with Crippen LogP contribution in [0.15, 0.2) is 24.3 Å². The van der Waals surface area contributed by atoms with E-state index < -0.39 is 17.8 Å². The number of aromatic carboxylic acids is 1. The highest BCUT2D eigenvalue weighted by Crippen LogP contribution is 2.11. The highest BCUT2D eigenvalue weighted by molar-refractivity contribution is 7.80. The molecule has 6 nitrogen and oxygen atoms in total. The number of rotatable bonds is 4. The molecule has 0 saturated carbocycles. The second-order valence-corrected chi connectivity index (χ2v) is 3.78. The van der Waals surface area contributed by atoms with E-state index in [1.54, 1.807) is 6.07 Å². The maximum absolute atomic E-state index is 10.9. The number of hydrogen-bond acceptors (Lipinski definition) is 4. The molecule has 0 heterocycles. The fourth-order valence-corrected chi connectivity index (χ4v) is 1.45. The molecule has 0 radical (unpaired) electrons. The Balaban J connectivity index is 2.80. The van der Waals surface area contributed by atoms with Crippen LogP contribution in [0.4, 0.5) is 5.69 Å². The first-order chi connectivity index (χ1) is 8.45. The Hall–Kier alpha value is -2.46. The van der Waals surface area contributed by atoms with Crippen LogP contribution in [0.3, 0.4) is 0 Å². The molecule has 92 valence electrons. The zero-order valence-corrected chi connectivity index (χ0v) is 9.90. The van der Waals surface area contributed by atoms with Crippen molar-refractivity contribution in [3.63, 3.8) is 0 Å². The van der Waals surface area contributed by atoms with Gasteiger partial charge < -0.3 is 16.2 Å². The van der Waals surface area contributed by atoms with Gasteiger partial charge in [-0.2, -0.15) is 5.26 Å². The van der Waals surface area contributed by atoms with Gasteiger partial charge in [0, 0.05) is 5.69 Å². The predicted molar refractivity (Wildman–Crippen MR) is 67.9 cm³/mol. The molecular weight excluding hydrogens is 254 g/mol. The molecule has 1 aromatic rings. The Bertz CT molecular complexity index is 533. The van der Waals surface area contributed by atoms with Gasteiger partial charge in [0.15, 0.2) is 5.92 Å². The minimum absolute atomic E-state index is 0.0203. The summed E-state index contributed by atoms with van der Waals surface area (Å²) in [5, 5.41) is 20.1. The SMILES string of the molecule is N#CC(C(N)=O)C(=S)Nc1ccc(C(=O)O)cc1. The number of amides is 1. The molecule has 0 fully saturated rings. The minimum Gasteiger partial charge on any atom is -0.478 e. The number of nitrogens with two attached hydrogens (primary N) is 1. The van der Waals surface area contributed by atoms with Crippen LogP contribution in [0.1, 0.15) is 10.4 Å². The molecule has 1 atom stereocenters. The summed E-state index contributed by atoms with van der Waals surface area (Å²) in [6, 6.07) is 7.38. The van der Waals surface area contributed by atoms with Crippen molar-refractivity contribution in [2.75, 3.05) is 5.32 Å². The molecule has 0 aliphatic rings. The van der Waals surface area contributed by atoms with E-state index in [-0.39, 0.29) is 10.6 Å². The highest BCUT2D eigenvalue weighted by atomic mass is 32.1. The molecular formula is C11H9N3O3S. The maximum atomic E-state index is 10.9. The average molecular weight is 263 g/mol. The molecule has 18 heavy (non-hydrogen) atoms. The third kappa shape index (κ3) is 3.26. The summed E-state index contributed by atoms with van der Waals surface area (Å²) < 4.78 is 0. The van der Waals surface area contributed by atoms with Gasteiger partial charge in [0.05, 0.1) is 11.6 Å². The van der Waals surface area contributed by atoms with E-state index in [1.165, 1.54) is 24.3 Å². The summed E-state index contributed by atoms with van der Waals surface area (Å²) in [5.74, 6) is -3.09. The minimum atomic E-state index is -1.21. The van der Waals surface area contributed by atoms with E-state index in [2.05, 4.69) is 5.32 Å². The van der Waals surface area contributed by atoms with Crippen molar-refractivity contribution < 1.29 is 14.7 Å². The molecule has 0 spiro atoms. The Morgan fingerprint density at radius 1 is 1.39 bits per heavy atom. The van der Waals surface area contributed by atoms with Crippen molar-refractivity contribution in [1.29, 1.82) is 5.26 Å². The molecule has 0 saturated heterocycles. The van der Waals surface area contributed by atoms with Crippen LogP contribution in [0.25, 0.3) is 0 Å². The first-order valence-electron chi connectivity index (χ1n) is 4.79.